The average molecular weight is 243 g/mol. The number of carbonyl (C=O) groups is 1. The number of pyridine rings is 1. The molecule has 5 heteroatoms. The molecule has 1 atom stereocenters. The molecule has 0 aromatic carbocycles. The lowest BCUT2D eigenvalue weighted by Crippen LogP contribution is -2.29. The Morgan fingerprint density at radius 1 is 1.67 bits per heavy atom. The van der Waals surface area contributed by atoms with E-state index in [0.29, 0.717) is 11.3 Å². The molecule has 92 valence electrons. The number of aryl methyl sites for hydroxylation is 2. The molecule has 1 aromatic heterocycles. The van der Waals surface area contributed by atoms with Crippen molar-refractivity contribution >= 4 is 11.8 Å². The molecule has 1 heterocycles. The Morgan fingerprint density at radius 2 is 2.33 bits per heavy atom. The number of rotatable bonds is 4. The molecule has 0 aliphatic heterocycles. The van der Waals surface area contributed by atoms with E-state index in [9.17, 15) is 4.79 Å². The third-order valence-electron chi connectivity index (χ3n) is 2.39. The fourth-order valence-electron chi connectivity index (χ4n) is 1.57. The molecule has 5 nitrogen and oxygen atoms in total. The van der Waals surface area contributed by atoms with Crippen molar-refractivity contribution < 1.29 is 9.90 Å². The van der Waals surface area contributed by atoms with Gasteiger partial charge in [-0.3, -0.25) is 0 Å². The van der Waals surface area contributed by atoms with Crippen molar-refractivity contribution in [1.29, 1.82) is 5.26 Å². The molecule has 1 rings (SSSR count). The number of nitrogens with zero attached hydrogens (tertiary/aromatic N) is 2. The summed E-state index contributed by atoms with van der Waals surface area (Å²) in [6.07, 6.45) is 5.14. The summed E-state index contributed by atoms with van der Waals surface area (Å²) in [5.41, 5.74) is 1.79. The number of aromatic nitrogens is 1. The van der Waals surface area contributed by atoms with E-state index in [4.69, 9.17) is 16.8 Å². The zero-order chi connectivity index (χ0) is 13.7. The minimum atomic E-state index is -1.07. The molecule has 0 saturated heterocycles. The van der Waals surface area contributed by atoms with E-state index in [-0.39, 0.29) is 12.2 Å². The molecule has 0 saturated carbocycles. The lowest BCUT2D eigenvalue weighted by Gasteiger charge is -2.15. The maximum Gasteiger partial charge on any atom is 0.327 e. The van der Waals surface area contributed by atoms with Gasteiger partial charge in [0.15, 0.2) is 0 Å². The largest absolute Gasteiger partial charge is 0.480 e. The maximum absolute atomic E-state index is 11.0. The number of nitrogens with one attached hydrogen (secondary N) is 1. The Labute approximate surface area is 105 Å². The quantitative estimate of drug-likeness (QED) is 0.782. The van der Waals surface area contributed by atoms with Crippen molar-refractivity contribution in [2.24, 2.45) is 0 Å². The van der Waals surface area contributed by atoms with Crippen molar-refractivity contribution in [3.8, 4) is 18.4 Å². The number of nitriles is 1. The number of anilines is 1. The first kappa shape index (κ1) is 13.5. The fraction of sp³-hybridized carbons (Fsp3) is 0.308. The summed E-state index contributed by atoms with van der Waals surface area (Å²) >= 11 is 0. The molecule has 18 heavy (non-hydrogen) atoms. The maximum atomic E-state index is 11.0. The van der Waals surface area contributed by atoms with Crippen LogP contribution in [0.2, 0.25) is 0 Å². The van der Waals surface area contributed by atoms with E-state index in [1.165, 1.54) is 0 Å². The van der Waals surface area contributed by atoms with E-state index in [0.717, 1.165) is 5.56 Å². The summed E-state index contributed by atoms with van der Waals surface area (Å²) < 4.78 is 0. The Hall–Kier alpha value is -2.53. The SMILES string of the molecule is C#CCC(Nc1nc(C)cc(C)c1C#N)C(=O)O. The molecule has 0 aliphatic rings. The number of terminal acetylenes is 1. The van der Waals surface area contributed by atoms with Crippen LogP contribution >= 0.6 is 0 Å². The predicted molar refractivity (Wildman–Crippen MR) is 66.9 cm³/mol. The monoisotopic (exact) mass is 243 g/mol. The van der Waals surface area contributed by atoms with Gasteiger partial charge in [0.05, 0.1) is 5.56 Å². The Kier molecular flexibility index (Phi) is 4.28. The number of aliphatic carboxylic acids is 1. The third kappa shape index (κ3) is 2.99. The number of carboxylic acids is 1. The second-order valence-electron chi connectivity index (χ2n) is 3.86. The first-order chi connectivity index (χ1) is 8.49. The number of hydrogen-bond acceptors (Lipinski definition) is 4. The summed E-state index contributed by atoms with van der Waals surface area (Å²) in [7, 11) is 0. The van der Waals surface area contributed by atoms with Gasteiger partial charge in [-0.2, -0.15) is 5.26 Å². The van der Waals surface area contributed by atoms with Gasteiger partial charge in [-0.1, -0.05) is 0 Å². The van der Waals surface area contributed by atoms with Crippen LogP contribution in [0.1, 0.15) is 23.2 Å². The summed E-state index contributed by atoms with van der Waals surface area (Å²) in [5.74, 6) is 1.47. The highest BCUT2D eigenvalue weighted by Crippen LogP contribution is 2.18. The molecule has 0 fully saturated rings. The summed E-state index contributed by atoms with van der Waals surface area (Å²) in [5, 5.41) is 20.8. The molecule has 0 aliphatic carbocycles. The Bertz CT molecular complexity index is 553. The van der Waals surface area contributed by atoms with Crippen molar-refractivity contribution in [2.75, 3.05) is 5.32 Å². The van der Waals surface area contributed by atoms with E-state index in [1.807, 2.05) is 6.07 Å². The average Bonchev–Trinajstić information content (AvgIpc) is 2.27. The van der Waals surface area contributed by atoms with E-state index in [1.54, 1.807) is 19.9 Å². The van der Waals surface area contributed by atoms with Crippen LogP contribution in [-0.2, 0) is 4.79 Å². The summed E-state index contributed by atoms with van der Waals surface area (Å²) in [4.78, 5) is 15.1. The van der Waals surface area contributed by atoms with Gasteiger partial charge in [-0.25, -0.2) is 9.78 Å². The molecular formula is C13H13N3O2. The van der Waals surface area contributed by atoms with Gasteiger partial charge >= 0.3 is 5.97 Å². The highest BCUT2D eigenvalue weighted by atomic mass is 16.4. The van der Waals surface area contributed by atoms with Gasteiger partial charge in [0.2, 0.25) is 0 Å². The Morgan fingerprint density at radius 3 is 2.83 bits per heavy atom. The van der Waals surface area contributed by atoms with Gasteiger partial charge in [0.1, 0.15) is 17.9 Å². The predicted octanol–water partition coefficient (Wildman–Crippen LogP) is 1.46. The molecule has 1 aromatic rings. The van der Waals surface area contributed by atoms with Crippen LogP contribution in [0.3, 0.4) is 0 Å². The van der Waals surface area contributed by atoms with Crippen LogP contribution in [-0.4, -0.2) is 22.1 Å². The van der Waals surface area contributed by atoms with E-state index in [2.05, 4.69) is 16.2 Å². The molecule has 0 radical (unpaired) electrons. The second-order valence-corrected chi connectivity index (χ2v) is 3.86. The van der Waals surface area contributed by atoms with E-state index < -0.39 is 12.0 Å². The highest BCUT2D eigenvalue weighted by Gasteiger charge is 2.19. The van der Waals surface area contributed by atoms with Crippen LogP contribution in [0.4, 0.5) is 5.82 Å². The minimum Gasteiger partial charge on any atom is -0.480 e. The lowest BCUT2D eigenvalue weighted by molar-refractivity contribution is -0.137. The van der Waals surface area contributed by atoms with Crippen molar-refractivity contribution in [1.82, 2.24) is 4.98 Å². The van der Waals surface area contributed by atoms with Crippen LogP contribution < -0.4 is 5.32 Å². The Balaban J connectivity index is 3.14. The van der Waals surface area contributed by atoms with Gasteiger partial charge in [0, 0.05) is 12.1 Å². The molecule has 0 amide bonds. The summed E-state index contributed by atoms with van der Waals surface area (Å²) in [6.45, 7) is 3.55. The first-order valence-electron chi connectivity index (χ1n) is 5.30. The van der Waals surface area contributed by atoms with Gasteiger partial charge < -0.3 is 10.4 Å². The molecular weight excluding hydrogens is 230 g/mol. The van der Waals surface area contributed by atoms with Gasteiger partial charge in [-0.15, -0.1) is 12.3 Å². The lowest BCUT2D eigenvalue weighted by atomic mass is 10.1. The van der Waals surface area contributed by atoms with Crippen molar-refractivity contribution in [3.63, 3.8) is 0 Å². The highest BCUT2D eigenvalue weighted by molar-refractivity contribution is 5.78. The standard InChI is InChI=1S/C13H13N3O2/c1-4-5-11(13(17)18)16-12-10(7-14)8(2)6-9(3)15-12/h1,6,11H,5H2,2-3H3,(H,15,16)(H,17,18). The first-order valence-corrected chi connectivity index (χ1v) is 5.30. The van der Waals surface area contributed by atoms with Crippen LogP contribution in [0, 0.1) is 37.5 Å². The van der Waals surface area contributed by atoms with Crippen LogP contribution in [0.5, 0.6) is 0 Å². The molecule has 0 spiro atoms. The van der Waals surface area contributed by atoms with Crippen molar-refractivity contribution in [3.05, 3.63) is 22.9 Å². The number of hydrogen-bond donors (Lipinski definition) is 2. The summed E-state index contributed by atoms with van der Waals surface area (Å²) in [6, 6.07) is 2.82. The normalized spacial score (nSPS) is 11.1. The topological polar surface area (TPSA) is 86.0 Å². The van der Waals surface area contributed by atoms with Crippen LogP contribution in [0.25, 0.3) is 0 Å². The van der Waals surface area contributed by atoms with Crippen molar-refractivity contribution in [2.45, 2.75) is 26.3 Å². The zero-order valence-corrected chi connectivity index (χ0v) is 10.2. The van der Waals surface area contributed by atoms with E-state index >= 15 is 0 Å². The van der Waals surface area contributed by atoms with Gasteiger partial charge in [0.25, 0.3) is 0 Å². The third-order valence-corrected chi connectivity index (χ3v) is 2.39. The molecule has 2 N–H and O–H groups in total. The van der Waals surface area contributed by atoms with Gasteiger partial charge in [-0.05, 0) is 25.5 Å². The minimum absolute atomic E-state index is 0.0227. The number of carboxylic acid groups (broad SMARTS) is 1. The zero-order valence-electron chi connectivity index (χ0n) is 10.2. The molecule has 0 bridgehead atoms. The second kappa shape index (κ2) is 5.70. The van der Waals surface area contributed by atoms with Crippen LogP contribution in [0.15, 0.2) is 6.07 Å². The smallest absolute Gasteiger partial charge is 0.327 e. The fourth-order valence-corrected chi connectivity index (χ4v) is 1.57. The molecule has 1 unspecified atom stereocenters.